The molecule has 0 spiro atoms. The maximum Gasteiger partial charge on any atom is 0.177 e. The van der Waals surface area contributed by atoms with E-state index in [4.69, 9.17) is 11.6 Å². The molecule has 0 amide bonds. The third-order valence-corrected chi connectivity index (χ3v) is 3.72. The Hall–Kier alpha value is -1.60. The molecule has 90 valence electrons. The van der Waals surface area contributed by atoms with Crippen LogP contribution >= 0.6 is 11.6 Å². The van der Waals surface area contributed by atoms with Crippen molar-refractivity contribution in [2.45, 2.75) is 13.3 Å². The van der Waals surface area contributed by atoms with Crippen molar-refractivity contribution in [3.8, 4) is 11.1 Å². The van der Waals surface area contributed by atoms with Gasteiger partial charge in [0.15, 0.2) is 5.78 Å². The van der Waals surface area contributed by atoms with E-state index in [1.807, 2.05) is 18.2 Å². The molecule has 1 aliphatic carbocycles. The van der Waals surface area contributed by atoms with Crippen molar-refractivity contribution in [2.24, 2.45) is 0 Å². The summed E-state index contributed by atoms with van der Waals surface area (Å²) >= 11 is 5.60. The van der Waals surface area contributed by atoms with Crippen LogP contribution in [0.5, 0.6) is 0 Å². The smallest absolute Gasteiger partial charge is 0.177 e. The molecule has 18 heavy (non-hydrogen) atoms. The summed E-state index contributed by atoms with van der Waals surface area (Å²) in [5.74, 6) is 0.0387. The summed E-state index contributed by atoms with van der Waals surface area (Å²) in [5.41, 5.74) is 7.11. The highest BCUT2D eigenvalue weighted by Gasteiger charge is 2.19. The van der Waals surface area contributed by atoms with Crippen molar-refractivity contribution >= 4 is 17.4 Å². The van der Waals surface area contributed by atoms with E-state index >= 15 is 0 Å². The lowest BCUT2D eigenvalue weighted by molar-refractivity contribution is 0.102. The maximum atomic E-state index is 11.6. The monoisotopic (exact) mass is 256 g/mol. The van der Waals surface area contributed by atoms with Crippen LogP contribution in [0.25, 0.3) is 11.1 Å². The average molecular weight is 257 g/mol. The Morgan fingerprint density at radius 3 is 2.50 bits per heavy atom. The fourth-order valence-corrected chi connectivity index (χ4v) is 2.74. The van der Waals surface area contributed by atoms with Gasteiger partial charge in [-0.3, -0.25) is 4.79 Å². The largest absolute Gasteiger partial charge is 0.293 e. The minimum absolute atomic E-state index is 0.00777. The summed E-state index contributed by atoms with van der Waals surface area (Å²) in [7, 11) is 0. The van der Waals surface area contributed by atoms with Crippen molar-refractivity contribution in [2.75, 3.05) is 5.88 Å². The lowest BCUT2D eigenvalue weighted by Crippen LogP contribution is -2.00. The van der Waals surface area contributed by atoms with Gasteiger partial charge in [0.1, 0.15) is 0 Å². The van der Waals surface area contributed by atoms with Crippen LogP contribution in [0.4, 0.5) is 0 Å². The molecule has 2 heteroatoms. The Kier molecular flexibility index (Phi) is 2.71. The Balaban J connectivity index is 2.09. The third-order valence-electron chi connectivity index (χ3n) is 3.48. The average Bonchev–Trinajstić information content (AvgIpc) is 2.73. The number of alkyl halides is 1. The normalized spacial score (nSPS) is 12.1. The van der Waals surface area contributed by atoms with Crippen LogP contribution in [-0.2, 0) is 6.42 Å². The first-order chi connectivity index (χ1) is 8.69. The van der Waals surface area contributed by atoms with E-state index in [2.05, 4.69) is 25.1 Å². The van der Waals surface area contributed by atoms with E-state index in [0.29, 0.717) is 5.56 Å². The number of Topliss-reactive ketones (excluding diaryl/α,β-unsaturated/α-hetero) is 1. The summed E-state index contributed by atoms with van der Waals surface area (Å²) in [4.78, 5) is 11.6. The molecule has 1 nitrogen and oxygen atoms in total. The summed E-state index contributed by atoms with van der Waals surface area (Å²) in [5, 5.41) is 0. The fraction of sp³-hybridized carbons (Fsp3) is 0.188. The molecule has 0 fully saturated rings. The van der Waals surface area contributed by atoms with Gasteiger partial charge in [-0.2, -0.15) is 0 Å². The number of rotatable bonds is 2. The van der Waals surface area contributed by atoms with E-state index in [1.165, 1.54) is 27.8 Å². The lowest BCUT2D eigenvalue weighted by Gasteiger charge is -2.03. The number of hydrogen-bond acceptors (Lipinski definition) is 1. The Labute approximate surface area is 111 Å². The molecular formula is C16H13ClO. The van der Waals surface area contributed by atoms with Gasteiger partial charge in [-0.1, -0.05) is 35.9 Å². The Morgan fingerprint density at radius 1 is 1.11 bits per heavy atom. The number of benzene rings is 2. The highest BCUT2D eigenvalue weighted by molar-refractivity contribution is 6.30. The maximum absolute atomic E-state index is 11.6. The first-order valence-electron chi connectivity index (χ1n) is 6.01. The third kappa shape index (κ3) is 1.75. The van der Waals surface area contributed by atoms with Gasteiger partial charge in [0.25, 0.3) is 0 Å². The van der Waals surface area contributed by atoms with Gasteiger partial charge in [0.05, 0.1) is 5.88 Å². The predicted octanol–water partition coefficient (Wildman–Crippen LogP) is 3.99. The lowest BCUT2D eigenvalue weighted by atomic mass is 10.0. The number of carbonyl (C=O) groups is 1. The highest BCUT2D eigenvalue weighted by atomic mass is 35.5. The van der Waals surface area contributed by atoms with E-state index < -0.39 is 0 Å². The van der Waals surface area contributed by atoms with Crippen LogP contribution in [0, 0.1) is 6.92 Å². The zero-order chi connectivity index (χ0) is 12.7. The summed E-state index contributed by atoms with van der Waals surface area (Å²) in [6.45, 7) is 2.10. The van der Waals surface area contributed by atoms with Crippen LogP contribution in [0.1, 0.15) is 27.0 Å². The number of aryl methyl sites for hydroxylation is 1. The molecule has 0 aliphatic heterocycles. The fourth-order valence-electron chi connectivity index (χ4n) is 2.59. The Bertz CT molecular complexity index is 644. The molecule has 0 N–H and O–H groups in total. The second-order valence-corrected chi connectivity index (χ2v) is 5.03. The second-order valence-electron chi connectivity index (χ2n) is 4.77. The molecule has 0 saturated heterocycles. The van der Waals surface area contributed by atoms with Crippen LogP contribution in [0.3, 0.4) is 0 Å². The van der Waals surface area contributed by atoms with Crippen molar-refractivity contribution in [3.63, 3.8) is 0 Å². The second kappa shape index (κ2) is 4.25. The Morgan fingerprint density at radius 2 is 1.78 bits per heavy atom. The van der Waals surface area contributed by atoms with E-state index in [1.54, 1.807) is 0 Å². The molecule has 3 rings (SSSR count). The zero-order valence-electron chi connectivity index (χ0n) is 10.2. The SMILES string of the molecule is Cc1ccc2c(c1)Cc1cc(C(=O)CCl)ccc1-2. The van der Waals surface area contributed by atoms with Gasteiger partial charge in [-0.05, 0) is 41.7 Å². The van der Waals surface area contributed by atoms with Crippen molar-refractivity contribution < 1.29 is 4.79 Å². The molecule has 0 aromatic heterocycles. The van der Waals surface area contributed by atoms with Gasteiger partial charge >= 0.3 is 0 Å². The molecule has 2 aromatic rings. The van der Waals surface area contributed by atoms with Crippen molar-refractivity contribution in [1.82, 2.24) is 0 Å². The molecule has 0 bridgehead atoms. The van der Waals surface area contributed by atoms with Crippen LogP contribution in [0.2, 0.25) is 0 Å². The molecule has 0 atom stereocenters. The minimum Gasteiger partial charge on any atom is -0.293 e. The van der Waals surface area contributed by atoms with E-state index in [-0.39, 0.29) is 11.7 Å². The number of ketones is 1. The number of hydrogen-bond donors (Lipinski definition) is 0. The van der Waals surface area contributed by atoms with Crippen LogP contribution < -0.4 is 0 Å². The van der Waals surface area contributed by atoms with Crippen LogP contribution in [0.15, 0.2) is 36.4 Å². The molecule has 0 heterocycles. The van der Waals surface area contributed by atoms with Crippen molar-refractivity contribution in [1.29, 1.82) is 0 Å². The molecule has 2 aromatic carbocycles. The first-order valence-corrected chi connectivity index (χ1v) is 6.54. The molecular weight excluding hydrogens is 244 g/mol. The van der Waals surface area contributed by atoms with Gasteiger partial charge < -0.3 is 0 Å². The topological polar surface area (TPSA) is 17.1 Å². The predicted molar refractivity (Wildman–Crippen MR) is 74.5 cm³/mol. The molecule has 0 unspecified atom stereocenters. The van der Waals surface area contributed by atoms with E-state index in [9.17, 15) is 4.79 Å². The summed E-state index contributed by atoms with van der Waals surface area (Å²) in [6, 6.07) is 12.4. The standard InChI is InChI=1S/C16H13ClO/c1-10-2-4-14-12(6-10)8-13-7-11(16(18)9-17)3-5-15(13)14/h2-7H,8-9H2,1H3. The van der Waals surface area contributed by atoms with Crippen LogP contribution in [-0.4, -0.2) is 11.7 Å². The zero-order valence-corrected chi connectivity index (χ0v) is 10.9. The van der Waals surface area contributed by atoms with Gasteiger partial charge in [-0.25, -0.2) is 0 Å². The molecule has 1 aliphatic rings. The quantitative estimate of drug-likeness (QED) is 0.501. The summed E-state index contributed by atoms with van der Waals surface area (Å²) < 4.78 is 0. The molecule has 0 saturated carbocycles. The highest BCUT2D eigenvalue weighted by Crippen LogP contribution is 2.37. The molecule has 0 radical (unpaired) electrons. The number of fused-ring (bicyclic) bond motifs is 3. The number of halogens is 1. The number of carbonyl (C=O) groups excluding carboxylic acids is 1. The van der Waals surface area contributed by atoms with Gasteiger partial charge in [0, 0.05) is 5.56 Å². The minimum atomic E-state index is -0.00777. The van der Waals surface area contributed by atoms with Gasteiger partial charge in [0.2, 0.25) is 0 Å². The van der Waals surface area contributed by atoms with Crippen molar-refractivity contribution in [3.05, 3.63) is 58.7 Å². The summed E-state index contributed by atoms with van der Waals surface area (Å²) in [6.07, 6.45) is 0.912. The van der Waals surface area contributed by atoms with Gasteiger partial charge in [-0.15, -0.1) is 11.6 Å². The van der Waals surface area contributed by atoms with E-state index in [0.717, 1.165) is 6.42 Å². The first kappa shape index (κ1) is 11.5.